The lowest BCUT2D eigenvalue weighted by atomic mass is 10.0. The van der Waals surface area contributed by atoms with Gasteiger partial charge >= 0.3 is 0 Å². The van der Waals surface area contributed by atoms with Gasteiger partial charge in [0.05, 0.1) is 0 Å². The maximum atomic E-state index is 12.5. The van der Waals surface area contributed by atoms with Gasteiger partial charge < -0.3 is 25.1 Å². The number of nitrogens with one attached hydrogen (secondary N) is 3. The summed E-state index contributed by atoms with van der Waals surface area (Å²) in [6.45, 7) is 6.02. The molecule has 0 saturated carbocycles. The van der Waals surface area contributed by atoms with Gasteiger partial charge in [-0.15, -0.1) is 0 Å². The van der Waals surface area contributed by atoms with E-state index >= 15 is 0 Å². The second-order valence-electron chi connectivity index (χ2n) is 8.69. The fourth-order valence-corrected chi connectivity index (χ4v) is 3.87. The van der Waals surface area contributed by atoms with Crippen LogP contribution in [0.4, 0.5) is 11.7 Å². The molecule has 8 nitrogen and oxygen atoms in total. The molecule has 3 heterocycles. The second-order valence-corrected chi connectivity index (χ2v) is 8.69. The Morgan fingerprint density at radius 1 is 1.11 bits per heavy atom. The lowest BCUT2D eigenvalue weighted by Crippen LogP contribution is -2.36. The summed E-state index contributed by atoms with van der Waals surface area (Å²) in [5.74, 6) is 1.39. The minimum absolute atomic E-state index is 0. The zero-order valence-electron chi connectivity index (χ0n) is 19.2. The molecule has 3 N–H and O–H groups in total. The number of pyridine rings is 1. The molecule has 35 heavy (non-hydrogen) atoms. The normalized spacial score (nSPS) is 15.1. The van der Waals surface area contributed by atoms with Crippen LogP contribution in [-0.4, -0.2) is 35.0 Å². The Bertz CT molecular complexity index is 1290. The van der Waals surface area contributed by atoms with Crippen LogP contribution < -0.4 is 20.7 Å². The van der Waals surface area contributed by atoms with E-state index in [0.29, 0.717) is 40.2 Å². The number of amides is 1. The molecule has 0 bridgehead atoms. The molecule has 0 spiro atoms. The maximum Gasteiger partial charge on any atom is 0.300 e. The molecule has 1 aliphatic heterocycles. The average Bonchev–Trinajstić information content (AvgIpc) is 3.48. The zero-order chi connectivity index (χ0) is 23.5. The highest BCUT2D eigenvalue weighted by atomic mass is 16.5. The standard InChI is InChI=1S/C26H27N5O3.CH4/c1-16(2)17-3-5-18(6-4-17)30-26-31-22-13-20(7-8-24(22)34-26)33-21-10-12-28-23(14-21)25(32)29-19-9-11-27-15-19;/h3-8,10,12-14,16,19,27H,9,11,15H2,1-2H3,(H,29,32)(H,30,31);1H4/t19-;/m1./s1. The quantitative estimate of drug-likeness (QED) is 0.321. The van der Waals surface area contributed by atoms with Gasteiger partial charge in [0, 0.05) is 36.6 Å². The second kappa shape index (κ2) is 10.6. The number of hydrogen-bond acceptors (Lipinski definition) is 7. The number of aromatic nitrogens is 2. The fourth-order valence-electron chi connectivity index (χ4n) is 3.87. The molecule has 8 heteroatoms. The highest BCUT2D eigenvalue weighted by Gasteiger charge is 2.18. The summed E-state index contributed by atoms with van der Waals surface area (Å²) in [4.78, 5) is 21.2. The average molecular weight is 474 g/mol. The van der Waals surface area contributed by atoms with Gasteiger partial charge in [-0.25, -0.2) is 0 Å². The molecule has 0 unspecified atom stereocenters. The van der Waals surface area contributed by atoms with Crippen LogP contribution in [0.15, 0.2) is 65.2 Å². The zero-order valence-corrected chi connectivity index (χ0v) is 19.2. The Labute approximate surface area is 205 Å². The highest BCUT2D eigenvalue weighted by molar-refractivity contribution is 5.92. The molecule has 2 aromatic carbocycles. The van der Waals surface area contributed by atoms with Gasteiger partial charge in [0.15, 0.2) is 5.58 Å². The van der Waals surface area contributed by atoms with Crippen LogP contribution >= 0.6 is 0 Å². The largest absolute Gasteiger partial charge is 0.457 e. The van der Waals surface area contributed by atoms with E-state index in [9.17, 15) is 4.79 Å². The molecule has 182 valence electrons. The van der Waals surface area contributed by atoms with E-state index in [1.54, 1.807) is 30.5 Å². The van der Waals surface area contributed by atoms with Crippen LogP contribution in [0.25, 0.3) is 11.1 Å². The molecule has 0 aliphatic carbocycles. The number of carbonyl (C=O) groups is 1. The summed E-state index contributed by atoms with van der Waals surface area (Å²) in [5, 5.41) is 9.43. The number of anilines is 2. The first-order valence-electron chi connectivity index (χ1n) is 11.5. The van der Waals surface area contributed by atoms with Crippen LogP contribution in [0.2, 0.25) is 0 Å². The van der Waals surface area contributed by atoms with Crippen molar-refractivity contribution in [1.29, 1.82) is 0 Å². The van der Waals surface area contributed by atoms with Crippen molar-refractivity contribution in [3.63, 3.8) is 0 Å². The fraction of sp³-hybridized carbons (Fsp3) is 0.296. The molecule has 1 fully saturated rings. The van der Waals surface area contributed by atoms with Crippen LogP contribution in [0, 0.1) is 0 Å². The molecule has 2 aromatic heterocycles. The lowest BCUT2D eigenvalue weighted by Gasteiger charge is -2.11. The number of nitrogens with zero attached hydrogens (tertiary/aromatic N) is 2. The van der Waals surface area contributed by atoms with Crippen molar-refractivity contribution in [2.75, 3.05) is 18.4 Å². The third-order valence-electron chi connectivity index (χ3n) is 5.78. The third kappa shape index (κ3) is 5.78. The molecule has 1 saturated heterocycles. The van der Waals surface area contributed by atoms with Crippen LogP contribution in [0.1, 0.15) is 49.7 Å². The summed E-state index contributed by atoms with van der Waals surface area (Å²) in [7, 11) is 0. The Kier molecular flexibility index (Phi) is 7.31. The first-order valence-corrected chi connectivity index (χ1v) is 11.5. The van der Waals surface area contributed by atoms with E-state index in [4.69, 9.17) is 9.15 Å². The van der Waals surface area contributed by atoms with Gasteiger partial charge in [0.1, 0.15) is 22.7 Å². The van der Waals surface area contributed by atoms with E-state index in [1.165, 1.54) is 5.56 Å². The van der Waals surface area contributed by atoms with Crippen LogP contribution in [0.3, 0.4) is 0 Å². The Morgan fingerprint density at radius 2 is 1.91 bits per heavy atom. The van der Waals surface area contributed by atoms with Crippen molar-refractivity contribution in [3.05, 3.63) is 72.1 Å². The van der Waals surface area contributed by atoms with Crippen LogP contribution in [0.5, 0.6) is 11.5 Å². The SMILES string of the molecule is C.CC(C)c1ccc(Nc2nc3cc(Oc4ccnc(C(=O)N[C@@H]5CCNC5)c4)ccc3o2)cc1. The Balaban J connectivity index is 0.00000289. The lowest BCUT2D eigenvalue weighted by molar-refractivity contribution is 0.0934. The number of benzene rings is 2. The maximum absolute atomic E-state index is 12.5. The predicted molar refractivity (Wildman–Crippen MR) is 138 cm³/mol. The van der Waals surface area contributed by atoms with E-state index < -0.39 is 0 Å². The number of rotatable bonds is 7. The highest BCUT2D eigenvalue weighted by Crippen LogP contribution is 2.29. The molecule has 4 aromatic rings. The molecule has 5 rings (SSSR count). The van der Waals surface area contributed by atoms with Gasteiger partial charge in [0.2, 0.25) is 0 Å². The topological polar surface area (TPSA) is 101 Å². The van der Waals surface area contributed by atoms with Crippen molar-refractivity contribution in [3.8, 4) is 11.5 Å². The van der Waals surface area contributed by atoms with Gasteiger partial charge in [-0.2, -0.15) is 4.98 Å². The first-order chi connectivity index (χ1) is 16.5. The summed E-state index contributed by atoms with van der Waals surface area (Å²) in [6, 6.07) is 17.5. The van der Waals surface area contributed by atoms with Crippen LogP contribution in [-0.2, 0) is 0 Å². The smallest absolute Gasteiger partial charge is 0.300 e. The van der Waals surface area contributed by atoms with Gasteiger partial charge in [-0.1, -0.05) is 33.4 Å². The number of fused-ring (bicyclic) bond motifs is 1. The Hall–Kier alpha value is -3.91. The predicted octanol–water partition coefficient (Wildman–Crippen LogP) is 5.61. The van der Waals surface area contributed by atoms with Crippen molar-refractivity contribution < 1.29 is 13.9 Å². The first kappa shape index (κ1) is 24.2. The molecule has 1 amide bonds. The van der Waals surface area contributed by atoms with Gasteiger partial charge in [-0.05, 0) is 54.8 Å². The van der Waals surface area contributed by atoms with E-state index in [0.717, 1.165) is 25.2 Å². The summed E-state index contributed by atoms with van der Waals surface area (Å²) in [5.41, 5.74) is 3.82. The van der Waals surface area contributed by atoms with Crippen molar-refractivity contribution in [2.45, 2.75) is 39.7 Å². The molecule has 1 atom stereocenters. The monoisotopic (exact) mass is 473 g/mol. The summed E-state index contributed by atoms with van der Waals surface area (Å²) >= 11 is 0. The van der Waals surface area contributed by atoms with Gasteiger partial charge in [0.25, 0.3) is 11.9 Å². The summed E-state index contributed by atoms with van der Waals surface area (Å²) < 4.78 is 11.8. The molecular formula is C27H31N5O3. The van der Waals surface area contributed by atoms with Crippen molar-refractivity contribution in [1.82, 2.24) is 20.6 Å². The molecule has 1 aliphatic rings. The molecule has 0 radical (unpaired) electrons. The van der Waals surface area contributed by atoms with E-state index in [1.807, 2.05) is 18.2 Å². The number of oxazole rings is 1. The summed E-state index contributed by atoms with van der Waals surface area (Å²) in [6.07, 6.45) is 2.48. The van der Waals surface area contributed by atoms with E-state index in [2.05, 4.69) is 51.9 Å². The third-order valence-corrected chi connectivity index (χ3v) is 5.78. The van der Waals surface area contributed by atoms with Crippen molar-refractivity contribution in [2.24, 2.45) is 0 Å². The number of hydrogen-bond donors (Lipinski definition) is 3. The van der Waals surface area contributed by atoms with Crippen molar-refractivity contribution >= 4 is 28.7 Å². The molecular weight excluding hydrogens is 442 g/mol. The number of carbonyl (C=O) groups excluding carboxylic acids is 1. The minimum atomic E-state index is -0.205. The van der Waals surface area contributed by atoms with E-state index in [-0.39, 0.29) is 19.4 Å². The minimum Gasteiger partial charge on any atom is -0.457 e. The Morgan fingerprint density at radius 3 is 2.66 bits per heavy atom. The number of ether oxygens (including phenoxy) is 1. The van der Waals surface area contributed by atoms with Gasteiger partial charge in [-0.3, -0.25) is 9.78 Å².